The van der Waals surface area contributed by atoms with E-state index in [-0.39, 0.29) is 24.8 Å². The van der Waals surface area contributed by atoms with Crippen molar-refractivity contribution in [1.29, 1.82) is 0 Å². The molecule has 1 aliphatic rings. The van der Waals surface area contributed by atoms with E-state index >= 15 is 0 Å². The summed E-state index contributed by atoms with van der Waals surface area (Å²) in [6.45, 7) is 2.50. The van der Waals surface area contributed by atoms with Crippen molar-refractivity contribution in [3.63, 3.8) is 0 Å². The van der Waals surface area contributed by atoms with Crippen LogP contribution in [-0.4, -0.2) is 30.6 Å². The average Bonchev–Trinajstić information content (AvgIpc) is 2.66. The van der Waals surface area contributed by atoms with E-state index in [1.54, 1.807) is 19.1 Å². The summed E-state index contributed by atoms with van der Waals surface area (Å²) in [5.74, 6) is 0.770. The second-order valence-electron chi connectivity index (χ2n) is 6.11. The van der Waals surface area contributed by atoms with Crippen LogP contribution in [0, 0.1) is 0 Å². The summed E-state index contributed by atoms with van der Waals surface area (Å²) in [5, 5.41) is 5.57. The van der Waals surface area contributed by atoms with E-state index in [4.69, 9.17) is 9.47 Å². The fourth-order valence-corrected chi connectivity index (χ4v) is 2.69. The molecule has 26 heavy (non-hydrogen) atoms. The number of hydrogen-bond donors (Lipinski definition) is 2. The van der Waals surface area contributed by atoms with Gasteiger partial charge in [-0.2, -0.15) is 0 Å². The van der Waals surface area contributed by atoms with Crippen molar-refractivity contribution in [3.8, 4) is 11.5 Å². The molecule has 2 unspecified atom stereocenters. The summed E-state index contributed by atoms with van der Waals surface area (Å²) in [4.78, 5) is 24.2. The van der Waals surface area contributed by atoms with Gasteiger partial charge < -0.3 is 20.1 Å². The quantitative estimate of drug-likeness (QED) is 0.832. The first-order valence-corrected chi connectivity index (χ1v) is 8.64. The molecular formula is C20H22N2O4. The molecule has 0 aromatic heterocycles. The van der Waals surface area contributed by atoms with Gasteiger partial charge in [-0.25, -0.2) is 0 Å². The van der Waals surface area contributed by atoms with Crippen LogP contribution in [0.5, 0.6) is 11.5 Å². The molecule has 2 atom stereocenters. The van der Waals surface area contributed by atoms with Gasteiger partial charge in [-0.3, -0.25) is 9.59 Å². The van der Waals surface area contributed by atoms with E-state index in [0.29, 0.717) is 18.0 Å². The summed E-state index contributed by atoms with van der Waals surface area (Å²) in [6, 6.07) is 16.9. The molecular weight excluding hydrogens is 332 g/mol. The molecule has 6 nitrogen and oxygen atoms in total. The summed E-state index contributed by atoms with van der Waals surface area (Å²) < 4.78 is 11.4. The van der Waals surface area contributed by atoms with Gasteiger partial charge in [0.1, 0.15) is 6.10 Å². The molecule has 3 rings (SSSR count). The maximum Gasteiger partial charge on any atom is 0.265 e. The normalized spacial score (nSPS) is 18.0. The van der Waals surface area contributed by atoms with Crippen LogP contribution in [0.2, 0.25) is 0 Å². The number of hydrogen-bond acceptors (Lipinski definition) is 4. The van der Waals surface area contributed by atoms with Crippen molar-refractivity contribution in [2.45, 2.75) is 32.1 Å². The summed E-state index contributed by atoms with van der Waals surface area (Å²) in [5.41, 5.74) is 1.03. The van der Waals surface area contributed by atoms with Crippen LogP contribution in [0.4, 0.5) is 0 Å². The van der Waals surface area contributed by atoms with Gasteiger partial charge >= 0.3 is 0 Å². The van der Waals surface area contributed by atoms with Crippen LogP contribution < -0.4 is 20.1 Å². The van der Waals surface area contributed by atoms with Crippen molar-refractivity contribution < 1.29 is 19.1 Å². The maximum atomic E-state index is 12.3. The van der Waals surface area contributed by atoms with E-state index in [1.165, 1.54) is 0 Å². The highest BCUT2D eigenvalue weighted by molar-refractivity contribution is 5.83. The van der Waals surface area contributed by atoms with Crippen LogP contribution in [0.3, 0.4) is 0 Å². The second kappa shape index (κ2) is 8.38. The smallest absolute Gasteiger partial charge is 0.265 e. The molecule has 0 fully saturated rings. The lowest BCUT2D eigenvalue weighted by Crippen LogP contribution is -2.49. The second-order valence-corrected chi connectivity index (χ2v) is 6.11. The highest BCUT2D eigenvalue weighted by Gasteiger charge is 2.33. The highest BCUT2D eigenvalue weighted by Crippen LogP contribution is 2.33. The van der Waals surface area contributed by atoms with Crippen LogP contribution in [0.15, 0.2) is 54.6 Å². The molecule has 0 aliphatic carbocycles. The van der Waals surface area contributed by atoms with Crippen LogP contribution in [0.25, 0.3) is 0 Å². The first kappa shape index (κ1) is 17.8. The lowest BCUT2D eigenvalue weighted by atomic mass is 10.1. The van der Waals surface area contributed by atoms with Gasteiger partial charge in [0.05, 0.1) is 0 Å². The number of benzene rings is 2. The molecule has 1 aliphatic heterocycles. The summed E-state index contributed by atoms with van der Waals surface area (Å²) in [7, 11) is 0. The zero-order valence-corrected chi connectivity index (χ0v) is 14.6. The van der Waals surface area contributed by atoms with E-state index in [0.717, 1.165) is 5.56 Å². The zero-order valence-electron chi connectivity index (χ0n) is 14.6. The number of fused-ring (bicyclic) bond motifs is 1. The van der Waals surface area contributed by atoms with Crippen molar-refractivity contribution in [2.24, 2.45) is 0 Å². The molecule has 0 spiro atoms. The van der Waals surface area contributed by atoms with Gasteiger partial charge in [0.15, 0.2) is 11.5 Å². The van der Waals surface area contributed by atoms with Crippen molar-refractivity contribution >= 4 is 11.8 Å². The van der Waals surface area contributed by atoms with Gasteiger partial charge in [0.25, 0.3) is 5.91 Å². The number of carbonyl (C=O) groups is 2. The fraction of sp³-hybridized carbons (Fsp3) is 0.300. The number of rotatable bonds is 6. The Kier molecular flexibility index (Phi) is 5.73. The SMILES string of the molecule is CC1Oc2ccccc2OC1C(=O)NCCC(=O)NCc1ccccc1. The molecule has 0 saturated heterocycles. The minimum absolute atomic E-state index is 0.117. The van der Waals surface area contributed by atoms with Gasteiger partial charge in [0, 0.05) is 19.5 Å². The molecule has 2 aromatic rings. The van der Waals surface area contributed by atoms with Gasteiger partial charge in [-0.05, 0) is 24.6 Å². The van der Waals surface area contributed by atoms with Crippen LogP contribution >= 0.6 is 0 Å². The molecule has 136 valence electrons. The monoisotopic (exact) mass is 354 g/mol. The summed E-state index contributed by atoms with van der Waals surface area (Å²) in [6.07, 6.45) is -0.939. The summed E-state index contributed by atoms with van der Waals surface area (Å²) >= 11 is 0. The third-order valence-electron chi connectivity index (χ3n) is 4.08. The van der Waals surface area contributed by atoms with Gasteiger partial charge in [-0.15, -0.1) is 0 Å². The zero-order chi connectivity index (χ0) is 18.4. The molecule has 1 heterocycles. The molecule has 2 amide bonds. The third kappa shape index (κ3) is 4.53. The van der Waals surface area contributed by atoms with Gasteiger partial charge in [-0.1, -0.05) is 42.5 Å². The number of amides is 2. The maximum absolute atomic E-state index is 12.3. The predicted molar refractivity (Wildman–Crippen MR) is 96.9 cm³/mol. The molecule has 2 aromatic carbocycles. The topological polar surface area (TPSA) is 76.7 Å². The standard InChI is InChI=1S/C20H22N2O4/c1-14-19(26-17-10-6-5-9-16(17)25-14)20(24)21-12-11-18(23)22-13-15-7-3-2-4-8-15/h2-10,14,19H,11-13H2,1H3,(H,21,24)(H,22,23). The Morgan fingerprint density at radius 1 is 0.923 bits per heavy atom. The van der Waals surface area contributed by atoms with E-state index < -0.39 is 12.2 Å². The lowest BCUT2D eigenvalue weighted by molar-refractivity contribution is -0.133. The highest BCUT2D eigenvalue weighted by atomic mass is 16.6. The Morgan fingerprint density at radius 3 is 2.31 bits per heavy atom. The van der Waals surface area contributed by atoms with E-state index in [9.17, 15) is 9.59 Å². The number of carbonyl (C=O) groups excluding carboxylic acids is 2. The first-order valence-electron chi connectivity index (χ1n) is 8.64. The molecule has 6 heteroatoms. The Labute approximate surface area is 152 Å². The minimum Gasteiger partial charge on any atom is -0.482 e. The Balaban J connectivity index is 1.42. The first-order chi connectivity index (χ1) is 12.6. The molecule has 2 N–H and O–H groups in total. The van der Waals surface area contributed by atoms with Crippen molar-refractivity contribution in [2.75, 3.05) is 6.54 Å². The van der Waals surface area contributed by atoms with Gasteiger partial charge in [0.2, 0.25) is 12.0 Å². The predicted octanol–water partition coefficient (Wildman–Crippen LogP) is 2.04. The van der Waals surface area contributed by atoms with E-state index in [1.807, 2.05) is 42.5 Å². The number of nitrogens with one attached hydrogen (secondary N) is 2. The van der Waals surface area contributed by atoms with Crippen LogP contribution in [-0.2, 0) is 16.1 Å². The average molecular weight is 354 g/mol. The largest absolute Gasteiger partial charge is 0.482 e. The van der Waals surface area contributed by atoms with Crippen molar-refractivity contribution in [1.82, 2.24) is 10.6 Å². The third-order valence-corrected chi connectivity index (χ3v) is 4.08. The molecule has 0 saturated carbocycles. The Hall–Kier alpha value is -3.02. The Bertz CT molecular complexity index is 763. The molecule has 0 radical (unpaired) electrons. The number of ether oxygens (including phenoxy) is 2. The van der Waals surface area contributed by atoms with Crippen LogP contribution in [0.1, 0.15) is 18.9 Å². The Morgan fingerprint density at radius 2 is 1.58 bits per heavy atom. The number of para-hydroxylation sites is 2. The molecule has 0 bridgehead atoms. The van der Waals surface area contributed by atoms with E-state index in [2.05, 4.69) is 10.6 Å². The van der Waals surface area contributed by atoms with Crippen molar-refractivity contribution in [3.05, 3.63) is 60.2 Å². The lowest BCUT2D eigenvalue weighted by Gasteiger charge is -2.30. The fourth-order valence-electron chi connectivity index (χ4n) is 2.69. The minimum atomic E-state index is -0.739.